The zero-order valence-corrected chi connectivity index (χ0v) is 11.7. The second-order valence-electron chi connectivity index (χ2n) is 4.63. The van der Waals surface area contributed by atoms with Gasteiger partial charge in [-0.25, -0.2) is 13.6 Å². The SMILES string of the molecule is C=C(NC(=O)OC(C)(C)C)S/C=C(\N)C(C)(F)F. The van der Waals surface area contributed by atoms with Gasteiger partial charge in [-0.15, -0.1) is 0 Å². The highest BCUT2D eigenvalue weighted by atomic mass is 32.2. The summed E-state index contributed by atoms with van der Waals surface area (Å²) in [6.45, 7) is 9.29. The molecule has 3 N–H and O–H groups in total. The summed E-state index contributed by atoms with van der Waals surface area (Å²) in [5.41, 5.74) is 3.90. The molecule has 104 valence electrons. The fourth-order valence-corrected chi connectivity index (χ4v) is 1.30. The van der Waals surface area contributed by atoms with Crippen molar-refractivity contribution < 1.29 is 18.3 Å². The molecule has 1 amide bonds. The number of amides is 1. The smallest absolute Gasteiger partial charge is 0.412 e. The van der Waals surface area contributed by atoms with Gasteiger partial charge in [0.25, 0.3) is 5.92 Å². The van der Waals surface area contributed by atoms with Crippen molar-refractivity contribution in [2.24, 2.45) is 5.73 Å². The summed E-state index contributed by atoms with van der Waals surface area (Å²) in [5, 5.41) is 3.48. The van der Waals surface area contributed by atoms with Crippen LogP contribution >= 0.6 is 11.8 Å². The Morgan fingerprint density at radius 1 is 1.39 bits per heavy atom. The van der Waals surface area contributed by atoms with Crippen LogP contribution in [0.25, 0.3) is 0 Å². The summed E-state index contributed by atoms with van der Waals surface area (Å²) in [7, 11) is 0. The molecule has 4 nitrogen and oxygen atoms in total. The first kappa shape index (κ1) is 16.8. The van der Waals surface area contributed by atoms with E-state index in [1.165, 1.54) is 0 Å². The Kier molecular flexibility index (Phi) is 5.66. The third kappa shape index (κ3) is 7.94. The molecule has 0 atom stereocenters. The number of nitrogens with one attached hydrogen (secondary N) is 1. The zero-order chi connectivity index (χ0) is 14.6. The maximum absolute atomic E-state index is 12.7. The molecule has 0 bridgehead atoms. The largest absolute Gasteiger partial charge is 0.444 e. The van der Waals surface area contributed by atoms with Gasteiger partial charge in [-0.3, -0.25) is 5.32 Å². The number of hydrogen-bond donors (Lipinski definition) is 2. The lowest BCUT2D eigenvalue weighted by Crippen LogP contribution is -2.31. The maximum Gasteiger partial charge on any atom is 0.412 e. The summed E-state index contributed by atoms with van der Waals surface area (Å²) in [5.74, 6) is -3.10. The van der Waals surface area contributed by atoms with Crippen molar-refractivity contribution in [1.82, 2.24) is 5.32 Å². The second-order valence-corrected chi connectivity index (χ2v) is 5.59. The van der Waals surface area contributed by atoms with Crippen LogP contribution < -0.4 is 11.1 Å². The van der Waals surface area contributed by atoms with Crippen molar-refractivity contribution in [3.8, 4) is 0 Å². The lowest BCUT2D eigenvalue weighted by molar-refractivity contribution is 0.0550. The minimum absolute atomic E-state index is 0.149. The molecule has 0 aromatic carbocycles. The van der Waals surface area contributed by atoms with E-state index in [0.717, 1.165) is 17.2 Å². The van der Waals surface area contributed by atoms with Gasteiger partial charge in [0.2, 0.25) is 0 Å². The van der Waals surface area contributed by atoms with Crippen LogP contribution in [0, 0.1) is 0 Å². The van der Waals surface area contributed by atoms with Crippen LogP contribution in [0.2, 0.25) is 0 Å². The molecular weight excluding hydrogens is 262 g/mol. The molecule has 0 aliphatic carbocycles. The average Bonchev–Trinajstić information content (AvgIpc) is 2.08. The summed E-state index contributed by atoms with van der Waals surface area (Å²) < 4.78 is 30.4. The van der Waals surface area contributed by atoms with Crippen molar-refractivity contribution in [2.45, 2.75) is 39.2 Å². The highest BCUT2D eigenvalue weighted by Crippen LogP contribution is 2.23. The summed E-state index contributed by atoms with van der Waals surface area (Å²) in [4.78, 5) is 11.3. The van der Waals surface area contributed by atoms with E-state index < -0.39 is 23.3 Å². The predicted molar refractivity (Wildman–Crippen MR) is 69.0 cm³/mol. The number of nitrogens with two attached hydrogens (primary N) is 1. The lowest BCUT2D eigenvalue weighted by atomic mass is 10.2. The number of carbonyl (C=O) groups excluding carboxylic acids is 1. The number of alkyl halides is 2. The van der Waals surface area contributed by atoms with Crippen molar-refractivity contribution in [1.29, 1.82) is 0 Å². The molecule has 7 heteroatoms. The lowest BCUT2D eigenvalue weighted by Gasteiger charge is -2.19. The Morgan fingerprint density at radius 2 is 1.89 bits per heavy atom. The molecule has 18 heavy (non-hydrogen) atoms. The normalized spacial score (nSPS) is 13.1. The molecule has 0 radical (unpaired) electrons. The molecule has 0 saturated carbocycles. The van der Waals surface area contributed by atoms with Crippen LogP contribution in [0.1, 0.15) is 27.7 Å². The predicted octanol–water partition coefficient (Wildman–Crippen LogP) is 3.17. The summed E-state index contributed by atoms with van der Waals surface area (Å²) in [6.07, 6.45) is -0.699. The number of carbonyl (C=O) groups is 1. The molecular formula is C11H18F2N2O2S. The van der Waals surface area contributed by atoms with Gasteiger partial charge in [0.15, 0.2) is 0 Å². The van der Waals surface area contributed by atoms with Gasteiger partial charge in [-0.1, -0.05) is 18.3 Å². The highest BCUT2D eigenvalue weighted by Gasteiger charge is 2.24. The Labute approximate surface area is 110 Å². The van der Waals surface area contributed by atoms with E-state index in [9.17, 15) is 13.6 Å². The van der Waals surface area contributed by atoms with E-state index in [2.05, 4.69) is 11.9 Å². The summed E-state index contributed by atoms with van der Waals surface area (Å²) >= 11 is 0.792. The maximum atomic E-state index is 12.7. The van der Waals surface area contributed by atoms with E-state index in [0.29, 0.717) is 6.92 Å². The molecule has 0 rings (SSSR count). The third-order valence-corrected chi connectivity index (χ3v) is 2.23. The molecule has 0 saturated heterocycles. The Balaban J connectivity index is 4.26. The van der Waals surface area contributed by atoms with Crippen molar-refractivity contribution >= 4 is 17.9 Å². The molecule has 0 spiro atoms. The second kappa shape index (κ2) is 6.08. The molecule has 0 aliphatic rings. The number of halogens is 2. The van der Waals surface area contributed by atoms with Gasteiger partial charge in [0, 0.05) is 12.3 Å². The van der Waals surface area contributed by atoms with E-state index in [-0.39, 0.29) is 5.03 Å². The van der Waals surface area contributed by atoms with E-state index in [4.69, 9.17) is 10.5 Å². The van der Waals surface area contributed by atoms with E-state index in [1.54, 1.807) is 20.8 Å². The van der Waals surface area contributed by atoms with Crippen LogP contribution in [0.3, 0.4) is 0 Å². The topological polar surface area (TPSA) is 64.3 Å². The minimum Gasteiger partial charge on any atom is -0.444 e. The average molecular weight is 280 g/mol. The zero-order valence-electron chi connectivity index (χ0n) is 10.8. The van der Waals surface area contributed by atoms with Gasteiger partial charge in [-0.2, -0.15) is 0 Å². The van der Waals surface area contributed by atoms with Gasteiger partial charge in [-0.05, 0) is 20.8 Å². The Morgan fingerprint density at radius 3 is 2.28 bits per heavy atom. The fourth-order valence-electron chi connectivity index (χ4n) is 0.685. The number of hydrogen-bond acceptors (Lipinski definition) is 4. The molecule has 0 aromatic heterocycles. The van der Waals surface area contributed by atoms with E-state index in [1.807, 2.05) is 0 Å². The number of ether oxygens (including phenoxy) is 1. The third-order valence-electron chi connectivity index (χ3n) is 1.48. The van der Waals surface area contributed by atoms with Crippen molar-refractivity contribution in [2.75, 3.05) is 0 Å². The number of allylic oxidation sites excluding steroid dienone is 1. The van der Waals surface area contributed by atoms with E-state index >= 15 is 0 Å². The molecule has 0 fully saturated rings. The minimum atomic E-state index is -3.10. The number of alkyl carbamates (subject to hydrolysis) is 1. The van der Waals surface area contributed by atoms with Crippen LogP contribution in [0.4, 0.5) is 13.6 Å². The van der Waals surface area contributed by atoms with Crippen LogP contribution in [-0.2, 0) is 4.74 Å². The first-order chi connectivity index (χ1) is 7.92. The van der Waals surface area contributed by atoms with Gasteiger partial charge >= 0.3 is 6.09 Å². The molecule has 0 aromatic rings. The number of rotatable bonds is 4. The molecule has 0 unspecified atom stereocenters. The molecule has 0 aliphatic heterocycles. The van der Waals surface area contributed by atoms with Crippen LogP contribution in [0.15, 0.2) is 22.7 Å². The Hall–Kier alpha value is -1.24. The van der Waals surface area contributed by atoms with Gasteiger partial charge in [0.05, 0.1) is 10.7 Å². The van der Waals surface area contributed by atoms with Crippen LogP contribution in [-0.4, -0.2) is 17.6 Å². The number of thioether (sulfide) groups is 1. The fraction of sp³-hybridized carbons (Fsp3) is 0.545. The standard InChI is InChI=1S/C11H18F2N2O2S/c1-7(15-9(16)17-10(2,3)4)18-6-8(14)11(5,12)13/h6H,1,14H2,2-5H3,(H,15,16)/b8-6-. The van der Waals surface area contributed by atoms with Crippen molar-refractivity contribution in [3.63, 3.8) is 0 Å². The monoisotopic (exact) mass is 280 g/mol. The summed E-state index contributed by atoms with van der Waals surface area (Å²) in [6, 6.07) is 0. The first-order valence-electron chi connectivity index (χ1n) is 5.11. The first-order valence-corrected chi connectivity index (χ1v) is 5.99. The van der Waals surface area contributed by atoms with Crippen molar-refractivity contribution in [3.05, 3.63) is 22.7 Å². The van der Waals surface area contributed by atoms with Gasteiger partial charge < -0.3 is 10.5 Å². The highest BCUT2D eigenvalue weighted by molar-refractivity contribution is 8.05. The quantitative estimate of drug-likeness (QED) is 0.830. The van der Waals surface area contributed by atoms with Crippen LogP contribution in [0.5, 0.6) is 0 Å². The van der Waals surface area contributed by atoms with Gasteiger partial charge in [0.1, 0.15) is 5.60 Å². The molecule has 0 heterocycles. The Bertz CT molecular complexity index is 357.